The van der Waals surface area contributed by atoms with E-state index >= 15 is 0 Å². The summed E-state index contributed by atoms with van der Waals surface area (Å²) in [6.07, 6.45) is 2.95. The first-order chi connectivity index (χ1) is 15.1. The molecule has 0 bridgehead atoms. The summed E-state index contributed by atoms with van der Waals surface area (Å²) in [5.41, 5.74) is 1.41. The Morgan fingerprint density at radius 1 is 1.03 bits per heavy atom. The third kappa shape index (κ3) is 3.48. The Morgan fingerprint density at radius 2 is 1.81 bits per heavy atom. The van der Waals surface area contributed by atoms with E-state index < -0.39 is 23.1 Å². The molecule has 0 spiro atoms. The predicted molar refractivity (Wildman–Crippen MR) is 107 cm³/mol. The van der Waals surface area contributed by atoms with Gasteiger partial charge in [-0.1, -0.05) is 6.07 Å². The number of benzene rings is 2. The van der Waals surface area contributed by atoms with Gasteiger partial charge in [-0.2, -0.15) is 5.10 Å². The van der Waals surface area contributed by atoms with Crippen LogP contribution in [0.25, 0.3) is 22.8 Å². The minimum atomic E-state index is -0.957. The number of carbonyl (C=O) groups excluding carboxylic acids is 1. The molecule has 1 aliphatic rings. The molecule has 8 nitrogen and oxygen atoms in total. The number of anilines is 1. The third-order valence-corrected chi connectivity index (χ3v) is 4.74. The number of nitrogens with one attached hydrogen (secondary N) is 3. The van der Waals surface area contributed by atoms with Gasteiger partial charge in [0.05, 0.1) is 23.8 Å². The quantitative estimate of drug-likeness (QED) is 0.464. The lowest BCUT2D eigenvalue weighted by Gasteiger charge is -2.18. The molecule has 31 heavy (non-hydrogen) atoms. The molecule has 0 atom stereocenters. The number of H-pyrrole nitrogens is 2. The lowest BCUT2D eigenvalue weighted by molar-refractivity contribution is 0.101. The third-order valence-electron chi connectivity index (χ3n) is 4.74. The van der Waals surface area contributed by atoms with Gasteiger partial charge in [0.1, 0.15) is 36.1 Å². The van der Waals surface area contributed by atoms with Crippen molar-refractivity contribution in [2.75, 3.05) is 18.5 Å². The van der Waals surface area contributed by atoms with Gasteiger partial charge >= 0.3 is 0 Å². The highest BCUT2D eigenvalue weighted by molar-refractivity contribution is 6.06. The molecule has 156 valence electrons. The summed E-state index contributed by atoms with van der Waals surface area (Å²) in [4.78, 5) is 19.9. The van der Waals surface area contributed by atoms with Crippen LogP contribution in [0.4, 0.5) is 14.5 Å². The number of hydrogen-bond acceptors (Lipinski definition) is 5. The Balaban J connectivity index is 1.41. The predicted octanol–water partition coefficient (Wildman–Crippen LogP) is 3.77. The topological polar surface area (TPSA) is 105 Å². The molecule has 0 unspecified atom stereocenters. The van der Waals surface area contributed by atoms with Crippen LogP contribution in [0.3, 0.4) is 0 Å². The second kappa shape index (κ2) is 7.56. The van der Waals surface area contributed by atoms with Crippen LogP contribution in [-0.4, -0.2) is 39.3 Å². The lowest BCUT2D eigenvalue weighted by Crippen LogP contribution is -2.16. The van der Waals surface area contributed by atoms with E-state index in [4.69, 9.17) is 9.47 Å². The van der Waals surface area contributed by atoms with Crippen molar-refractivity contribution in [2.24, 2.45) is 0 Å². The molecular formula is C21H15F2N5O3. The summed E-state index contributed by atoms with van der Waals surface area (Å²) in [5.74, 6) is -1.15. The second-order valence-corrected chi connectivity index (χ2v) is 6.71. The van der Waals surface area contributed by atoms with Gasteiger partial charge in [-0.15, -0.1) is 0 Å². The van der Waals surface area contributed by atoms with Crippen LogP contribution >= 0.6 is 0 Å². The SMILES string of the molecule is O=C(Nc1cn[nH]c1-c1ncc(-c2ccc3c(c2)OCCO3)[nH]1)c1c(F)cccc1F. The van der Waals surface area contributed by atoms with E-state index in [-0.39, 0.29) is 5.69 Å². The molecule has 0 aliphatic carbocycles. The average molecular weight is 423 g/mol. The van der Waals surface area contributed by atoms with Gasteiger partial charge in [0.25, 0.3) is 5.91 Å². The fraction of sp³-hybridized carbons (Fsp3) is 0.0952. The molecule has 2 aromatic carbocycles. The molecule has 2 aromatic heterocycles. The van der Waals surface area contributed by atoms with Crippen LogP contribution in [-0.2, 0) is 0 Å². The number of imidazole rings is 1. The van der Waals surface area contributed by atoms with Crippen molar-refractivity contribution in [1.29, 1.82) is 0 Å². The van der Waals surface area contributed by atoms with E-state index in [1.165, 1.54) is 12.3 Å². The maximum Gasteiger partial charge on any atom is 0.261 e. The van der Waals surface area contributed by atoms with Gasteiger partial charge in [0.2, 0.25) is 0 Å². The summed E-state index contributed by atoms with van der Waals surface area (Å²) >= 11 is 0. The Hall–Kier alpha value is -4.21. The van der Waals surface area contributed by atoms with Gasteiger partial charge < -0.3 is 19.8 Å². The molecule has 10 heteroatoms. The smallest absolute Gasteiger partial charge is 0.261 e. The number of hydrogen-bond donors (Lipinski definition) is 3. The molecule has 0 radical (unpaired) electrons. The zero-order chi connectivity index (χ0) is 21.4. The average Bonchev–Trinajstić information content (AvgIpc) is 3.43. The molecule has 5 rings (SSSR count). The highest BCUT2D eigenvalue weighted by Crippen LogP contribution is 2.35. The normalized spacial score (nSPS) is 12.6. The fourth-order valence-corrected chi connectivity index (χ4v) is 3.27. The minimum Gasteiger partial charge on any atom is -0.486 e. The Kier molecular flexibility index (Phi) is 4.58. The number of nitrogens with zero attached hydrogens (tertiary/aromatic N) is 2. The van der Waals surface area contributed by atoms with Crippen molar-refractivity contribution in [3.8, 4) is 34.3 Å². The van der Waals surface area contributed by atoms with Crippen molar-refractivity contribution in [2.45, 2.75) is 0 Å². The molecule has 1 amide bonds. The first-order valence-electron chi connectivity index (χ1n) is 9.34. The van der Waals surface area contributed by atoms with Crippen molar-refractivity contribution in [3.05, 3.63) is 66.0 Å². The van der Waals surface area contributed by atoms with E-state index in [0.29, 0.717) is 41.9 Å². The fourth-order valence-electron chi connectivity index (χ4n) is 3.27. The summed E-state index contributed by atoms with van der Waals surface area (Å²) < 4.78 is 38.9. The highest BCUT2D eigenvalue weighted by Gasteiger charge is 2.21. The monoisotopic (exact) mass is 423 g/mol. The first kappa shape index (κ1) is 18.8. The zero-order valence-electron chi connectivity index (χ0n) is 15.9. The van der Waals surface area contributed by atoms with Crippen molar-refractivity contribution < 1.29 is 23.0 Å². The number of carbonyl (C=O) groups is 1. The van der Waals surface area contributed by atoms with Crippen LogP contribution in [0, 0.1) is 11.6 Å². The molecule has 0 fully saturated rings. The van der Waals surface area contributed by atoms with Crippen LogP contribution in [0.15, 0.2) is 48.8 Å². The van der Waals surface area contributed by atoms with Crippen molar-refractivity contribution >= 4 is 11.6 Å². The van der Waals surface area contributed by atoms with Crippen LogP contribution in [0.1, 0.15) is 10.4 Å². The number of fused-ring (bicyclic) bond motifs is 1. The van der Waals surface area contributed by atoms with Crippen molar-refractivity contribution in [1.82, 2.24) is 20.2 Å². The van der Waals surface area contributed by atoms with Gasteiger partial charge in [0.15, 0.2) is 17.3 Å². The van der Waals surface area contributed by atoms with E-state index in [1.54, 1.807) is 6.20 Å². The summed E-state index contributed by atoms with van der Waals surface area (Å²) in [7, 11) is 0. The summed E-state index contributed by atoms with van der Waals surface area (Å²) in [6, 6.07) is 8.73. The summed E-state index contributed by atoms with van der Waals surface area (Å²) in [5, 5.41) is 9.11. The number of aromatic nitrogens is 4. The number of amides is 1. The van der Waals surface area contributed by atoms with E-state index in [9.17, 15) is 13.6 Å². The molecular weight excluding hydrogens is 408 g/mol. The second-order valence-electron chi connectivity index (χ2n) is 6.71. The maximum atomic E-state index is 13.9. The van der Waals surface area contributed by atoms with Gasteiger partial charge in [-0.25, -0.2) is 13.8 Å². The standard InChI is InChI=1S/C21H15F2N5O3/c22-12-2-1-3-13(23)18(12)21(29)27-15-10-25-28-19(15)20-24-9-14(26-20)11-4-5-16-17(8-11)31-7-6-30-16/h1-5,8-10H,6-7H2,(H,24,26)(H,25,28)(H,27,29). The van der Waals surface area contributed by atoms with E-state index in [0.717, 1.165) is 17.7 Å². The first-order valence-corrected chi connectivity index (χ1v) is 9.34. The molecule has 3 heterocycles. The highest BCUT2D eigenvalue weighted by atomic mass is 19.1. The summed E-state index contributed by atoms with van der Waals surface area (Å²) in [6.45, 7) is 0.982. The van der Waals surface area contributed by atoms with Crippen molar-refractivity contribution in [3.63, 3.8) is 0 Å². The van der Waals surface area contributed by atoms with Gasteiger partial charge in [0, 0.05) is 5.56 Å². The molecule has 4 aromatic rings. The van der Waals surface area contributed by atoms with Crippen LogP contribution in [0.2, 0.25) is 0 Å². The lowest BCUT2D eigenvalue weighted by atomic mass is 10.1. The number of rotatable bonds is 4. The number of halogens is 2. The van der Waals surface area contributed by atoms with Gasteiger partial charge in [-0.05, 0) is 30.3 Å². The Bertz CT molecular complexity index is 1260. The Morgan fingerprint density at radius 3 is 2.61 bits per heavy atom. The van der Waals surface area contributed by atoms with Crippen LogP contribution in [0.5, 0.6) is 11.5 Å². The van der Waals surface area contributed by atoms with E-state index in [1.807, 2.05) is 18.2 Å². The number of aromatic amines is 2. The Labute approximate surface area is 174 Å². The molecule has 0 saturated carbocycles. The number of ether oxygens (including phenoxy) is 2. The van der Waals surface area contributed by atoms with Gasteiger partial charge in [-0.3, -0.25) is 9.89 Å². The zero-order valence-corrected chi connectivity index (χ0v) is 15.9. The minimum absolute atomic E-state index is 0.218. The largest absolute Gasteiger partial charge is 0.486 e. The molecule has 3 N–H and O–H groups in total. The van der Waals surface area contributed by atoms with Crippen LogP contribution < -0.4 is 14.8 Å². The molecule has 0 saturated heterocycles. The van der Waals surface area contributed by atoms with E-state index in [2.05, 4.69) is 25.5 Å². The molecule has 1 aliphatic heterocycles. The maximum absolute atomic E-state index is 13.9.